The van der Waals surface area contributed by atoms with Gasteiger partial charge in [0.1, 0.15) is 5.02 Å². The molecule has 6 nitrogen and oxygen atoms in total. The summed E-state index contributed by atoms with van der Waals surface area (Å²) < 4.78 is 0. The van der Waals surface area contributed by atoms with Crippen LogP contribution in [0, 0.1) is 20.2 Å². The molecular weight excluding hydrogens is 259 g/mol. The summed E-state index contributed by atoms with van der Waals surface area (Å²) in [5, 5.41) is 20.6. The Morgan fingerprint density at radius 1 is 1.19 bits per heavy atom. The van der Waals surface area contributed by atoms with Crippen LogP contribution in [-0.2, 0) is 6.42 Å². The molecule has 1 aromatic rings. The summed E-state index contributed by atoms with van der Waals surface area (Å²) in [4.78, 5) is 19.7. The van der Waals surface area contributed by atoms with Gasteiger partial charge in [-0.2, -0.15) is 0 Å². The predicted octanol–water partition coefficient (Wildman–Crippen LogP) is 3.37. The summed E-state index contributed by atoms with van der Waals surface area (Å²) in [6.07, 6.45) is 0.345. The van der Waals surface area contributed by atoms with Gasteiger partial charge in [-0.05, 0) is 12.0 Å². The summed E-state index contributed by atoms with van der Waals surface area (Å²) in [6.45, 7) is 1.68. The lowest BCUT2D eigenvalue weighted by molar-refractivity contribution is -0.393. The smallest absolute Gasteiger partial charge is 0.258 e. The van der Waals surface area contributed by atoms with Crippen molar-refractivity contribution in [2.24, 2.45) is 0 Å². The van der Waals surface area contributed by atoms with Crippen molar-refractivity contribution in [2.45, 2.75) is 13.3 Å². The summed E-state index contributed by atoms with van der Waals surface area (Å²) in [5.74, 6) is 0. The monoisotopic (exact) mass is 264 g/mol. The Kier molecular flexibility index (Phi) is 3.66. The van der Waals surface area contributed by atoms with Gasteiger partial charge in [-0.15, -0.1) is 0 Å². The molecule has 0 N–H and O–H groups in total. The Labute approximate surface area is 100 Å². The second-order valence-corrected chi connectivity index (χ2v) is 3.66. The summed E-state index contributed by atoms with van der Waals surface area (Å²) in [5.41, 5.74) is -0.798. The SMILES string of the molecule is CCc1cc([N+](=O)[O-])c(Cl)c([N+](=O)[O-])c1Cl. The molecule has 0 spiro atoms. The molecule has 8 heteroatoms. The molecule has 16 heavy (non-hydrogen) atoms. The highest BCUT2D eigenvalue weighted by molar-refractivity contribution is 6.40. The fraction of sp³-hybridized carbons (Fsp3) is 0.250. The van der Waals surface area contributed by atoms with E-state index in [0.29, 0.717) is 12.0 Å². The van der Waals surface area contributed by atoms with Gasteiger partial charge in [-0.3, -0.25) is 20.2 Å². The van der Waals surface area contributed by atoms with Crippen LogP contribution in [0.15, 0.2) is 6.07 Å². The van der Waals surface area contributed by atoms with Crippen molar-refractivity contribution >= 4 is 34.6 Å². The van der Waals surface area contributed by atoms with Gasteiger partial charge in [0, 0.05) is 6.07 Å². The van der Waals surface area contributed by atoms with Crippen LogP contribution in [0.25, 0.3) is 0 Å². The highest BCUT2D eigenvalue weighted by Crippen LogP contribution is 2.41. The highest BCUT2D eigenvalue weighted by Gasteiger charge is 2.29. The maximum atomic E-state index is 10.7. The molecule has 1 aromatic carbocycles. The zero-order chi connectivity index (χ0) is 12.5. The van der Waals surface area contributed by atoms with E-state index in [1.54, 1.807) is 6.92 Å². The van der Waals surface area contributed by atoms with Crippen LogP contribution in [0.4, 0.5) is 11.4 Å². The zero-order valence-electron chi connectivity index (χ0n) is 8.07. The Morgan fingerprint density at radius 2 is 1.75 bits per heavy atom. The van der Waals surface area contributed by atoms with E-state index in [4.69, 9.17) is 23.2 Å². The van der Waals surface area contributed by atoms with Crippen LogP contribution >= 0.6 is 23.2 Å². The van der Waals surface area contributed by atoms with Crippen LogP contribution < -0.4 is 0 Å². The molecule has 86 valence electrons. The van der Waals surface area contributed by atoms with E-state index in [0.717, 1.165) is 6.07 Å². The second kappa shape index (κ2) is 4.63. The van der Waals surface area contributed by atoms with Gasteiger partial charge in [-0.1, -0.05) is 30.1 Å². The van der Waals surface area contributed by atoms with E-state index < -0.39 is 26.2 Å². The quantitative estimate of drug-likeness (QED) is 0.619. The molecule has 0 heterocycles. The van der Waals surface area contributed by atoms with Crippen molar-refractivity contribution in [3.05, 3.63) is 41.9 Å². The minimum Gasteiger partial charge on any atom is -0.258 e. The van der Waals surface area contributed by atoms with Crippen LogP contribution in [0.5, 0.6) is 0 Å². The number of nitro benzene ring substituents is 2. The van der Waals surface area contributed by atoms with Gasteiger partial charge in [-0.25, -0.2) is 0 Å². The zero-order valence-corrected chi connectivity index (χ0v) is 9.58. The third-order valence-electron chi connectivity index (χ3n) is 1.99. The Hall–Kier alpha value is -1.40. The molecule has 0 aromatic heterocycles. The van der Waals surface area contributed by atoms with E-state index in [2.05, 4.69) is 0 Å². The molecule has 0 aliphatic heterocycles. The van der Waals surface area contributed by atoms with Gasteiger partial charge < -0.3 is 0 Å². The molecule has 0 saturated carbocycles. The molecule has 0 amide bonds. The Bertz CT molecular complexity index is 476. The van der Waals surface area contributed by atoms with E-state index in [1.165, 1.54) is 0 Å². The number of halogens is 2. The number of nitrogens with zero attached hydrogens (tertiary/aromatic N) is 2. The molecule has 0 radical (unpaired) electrons. The van der Waals surface area contributed by atoms with Gasteiger partial charge in [0.2, 0.25) is 0 Å². The first kappa shape index (κ1) is 12.7. The fourth-order valence-electron chi connectivity index (χ4n) is 1.21. The van der Waals surface area contributed by atoms with Crippen molar-refractivity contribution in [3.8, 4) is 0 Å². The number of hydrogen-bond acceptors (Lipinski definition) is 4. The summed E-state index contributed by atoms with van der Waals surface area (Å²) >= 11 is 11.3. The number of rotatable bonds is 3. The molecule has 1 rings (SSSR count). The van der Waals surface area contributed by atoms with E-state index in [1.807, 2.05) is 0 Å². The lowest BCUT2D eigenvalue weighted by Crippen LogP contribution is -1.99. The van der Waals surface area contributed by atoms with Crippen molar-refractivity contribution in [3.63, 3.8) is 0 Å². The standard InChI is InChI=1S/C8H6Cl2N2O4/c1-2-4-3-5(11(13)14)7(10)8(6(4)9)12(15)16/h3H,2H2,1H3. The van der Waals surface area contributed by atoms with Crippen molar-refractivity contribution < 1.29 is 9.85 Å². The molecule has 0 bridgehead atoms. The van der Waals surface area contributed by atoms with Gasteiger partial charge in [0.25, 0.3) is 5.69 Å². The van der Waals surface area contributed by atoms with Crippen LogP contribution in [0.1, 0.15) is 12.5 Å². The maximum absolute atomic E-state index is 10.7. The molecule has 0 atom stereocenters. The lowest BCUT2D eigenvalue weighted by Gasteiger charge is -2.04. The van der Waals surface area contributed by atoms with Gasteiger partial charge in [0.15, 0.2) is 5.02 Å². The van der Waals surface area contributed by atoms with Crippen molar-refractivity contribution in [1.29, 1.82) is 0 Å². The minimum atomic E-state index is -0.823. The molecule has 0 aliphatic rings. The Balaban J connectivity index is 3.64. The minimum absolute atomic E-state index is 0.150. The average Bonchev–Trinajstić information content (AvgIpc) is 2.16. The first-order chi connectivity index (χ1) is 7.40. The molecule has 0 saturated heterocycles. The number of aryl methyl sites for hydroxylation is 1. The lowest BCUT2D eigenvalue weighted by atomic mass is 10.1. The predicted molar refractivity (Wildman–Crippen MR) is 59.1 cm³/mol. The van der Waals surface area contributed by atoms with E-state index in [-0.39, 0.29) is 5.02 Å². The summed E-state index contributed by atoms with van der Waals surface area (Å²) in [6, 6.07) is 1.15. The molecular formula is C8H6Cl2N2O4. The first-order valence-corrected chi connectivity index (χ1v) is 4.95. The average molecular weight is 265 g/mol. The second-order valence-electron chi connectivity index (χ2n) is 2.90. The Morgan fingerprint density at radius 3 is 2.12 bits per heavy atom. The topological polar surface area (TPSA) is 86.3 Å². The van der Waals surface area contributed by atoms with Crippen molar-refractivity contribution in [2.75, 3.05) is 0 Å². The maximum Gasteiger partial charge on any atom is 0.313 e. The third kappa shape index (κ3) is 2.07. The van der Waals surface area contributed by atoms with Crippen LogP contribution in [0.3, 0.4) is 0 Å². The molecule has 0 unspecified atom stereocenters. The molecule has 0 aliphatic carbocycles. The first-order valence-electron chi connectivity index (χ1n) is 4.19. The van der Waals surface area contributed by atoms with Crippen LogP contribution in [0.2, 0.25) is 10.0 Å². The number of hydrogen-bond donors (Lipinski definition) is 0. The number of nitro groups is 2. The van der Waals surface area contributed by atoms with Gasteiger partial charge >= 0.3 is 5.69 Å². The number of benzene rings is 1. The largest absolute Gasteiger partial charge is 0.313 e. The molecule has 0 fully saturated rings. The summed E-state index contributed by atoms with van der Waals surface area (Å²) in [7, 11) is 0. The normalized spacial score (nSPS) is 10.2. The third-order valence-corrected chi connectivity index (χ3v) is 2.79. The van der Waals surface area contributed by atoms with Gasteiger partial charge in [0.05, 0.1) is 9.85 Å². The van der Waals surface area contributed by atoms with E-state index in [9.17, 15) is 20.2 Å². The fourth-order valence-corrected chi connectivity index (χ4v) is 1.90. The van der Waals surface area contributed by atoms with Crippen molar-refractivity contribution in [1.82, 2.24) is 0 Å². The highest BCUT2D eigenvalue weighted by atomic mass is 35.5. The van der Waals surface area contributed by atoms with Crippen LogP contribution in [-0.4, -0.2) is 9.85 Å². The van der Waals surface area contributed by atoms with E-state index >= 15 is 0 Å².